The summed E-state index contributed by atoms with van der Waals surface area (Å²) in [5, 5.41) is 2.48. The first-order valence-electron chi connectivity index (χ1n) is 9.03. The number of methoxy groups -OCH3 is 1. The lowest BCUT2D eigenvalue weighted by atomic mass is 9.95. The van der Waals surface area contributed by atoms with Gasteiger partial charge in [-0.15, -0.1) is 0 Å². The zero-order valence-electron chi connectivity index (χ0n) is 16.6. The molecule has 3 rings (SSSR count). The third kappa shape index (κ3) is 4.23. The molecule has 1 aliphatic heterocycles. The zero-order chi connectivity index (χ0) is 23.0. The van der Waals surface area contributed by atoms with E-state index in [1.54, 1.807) is 0 Å². The average molecular weight is 459 g/mol. The lowest BCUT2D eigenvalue weighted by Crippen LogP contribution is -2.45. The molecule has 5 nitrogen and oxygen atoms in total. The average Bonchev–Trinajstić information content (AvgIpc) is 3.02. The number of rotatable bonds is 5. The molecule has 0 saturated carbocycles. The van der Waals surface area contributed by atoms with E-state index < -0.39 is 39.9 Å². The number of hydrogen-bond acceptors (Lipinski definition) is 5. The van der Waals surface area contributed by atoms with Crippen LogP contribution in [0.1, 0.15) is 36.6 Å². The largest absolute Gasteiger partial charge is 0.481 e. The first-order chi connectivity index (χ1) is 14.4. The van der Waals surface area contributed by atoms with Crippen molar-refractivity contribution in [1.82, 2.24) is 10.3 Å². The van der Waals surface area contributed by atoms with Gasteiger partial charge in [0.05, 0.1) is 18.7 Å². The Balaban J connectivity index is 1.85. The summed E-state index contributed by atoms with van der Waals surface area (Å²) in [5.74, 6) is -4.81. The number of halogens is 5. The van der Waals surface area contributed by atoms with Crippen LogP contribution in [0.5, 0.6) is 5.88 Å². The monoisotopic (exact) mass is 459 g/mol. The van der Waals surface area contributed by atoms with Crippen molar-refractivity contribution in [3.8, 4) is 5.88 Å². The molecule has 2 heterocycles. The maximum Gasteiger partial charge on any atom is 0.416 e. The zero-order valence-corrected chi connectivity index (χ0v) is 17.4. The van der Waals surface area contributed by atoms with Gasteiger partial charge in [-0.05, 0) is 31.5 Å². The number of aliphatic imine (C=N–C) groups is 1. The van der Waals surface area contributed by atoms with Crippen LogP contribution >= 0.6 is 11.8 Å². The predicted molar refractivity (Wildman–Crippen MR) is 106 cm³/mol. The van der Waals surface area contributed by atoms with Gasteiger partial charge >= 0.3 is 6.18 Å². The number of carbonyl (C=O) groups excluding carboxylic acids is 1. The van der Waals surface area contributed by atoms with Gasteiger partial charge in [0.1, 0.15) is 0 Å². The Morgan fingerprint density at radius 3 is 2.48 bits per heavy atom. The fourth-order valence-corrected chi connectivity index (χ4v) is 4.24. The van der Waals surface area contributed by atoms with Crippen LogP contribution in [-0.2, 0) is 16.9 Å². The van der Waals surface area contributed by atoms with Gasteiger partial charge in [0.25, 0.3) is 11.8 Å². The fourth-order valence-electron chi connectivity index (χ4n) is 3.11. The molecule has 0 bridgehead atoms. The maximum absolute atomic E-state index is 15.3. The Labute approximate surface area is 179 Å². The van der Waals surface area contributed by atoms with Crippen molar-refractivity contribution < 1.29 is 31.5 Å². The maximum atomic E-state index is 15.3. The number of aromatic nitrogens is 1. The highest BCUT2D eigenvalue weighted by Crippen LogP contribution is 2.51. The lowest BCUT2D eigenvalue weighted by Gasteiger charge is -2.31. The van der Waals surface area contributed by atoms with E-state index in [4.69, 9.17) is 4.74 Å². The standard InChI is InChI=1S/C20H18F5N3O2S/c1-11(13-6-4-5-7-14(13)20(23,24)25)27-17-28-16(29)18(2,31-17)19(21,22)12-8-9-26-15(10-12)30-3/h4-11H,1-3H3,(H,27,28,29)/t11-,18?/m0/s1. The molecule has 1 aromatic heterocycles. The van der Waals surface area contributed by atoms with Gasteiger partial charge in [-0.2, -0.15) is 26.9 Å². The summed E-state index contributed by atoms with van der Waals surface area (Å²) < 4.78 is 73.0. The van der Waals surface area contributed by atoms with Crippen LogP contribution in [0.25, 0.3) is 0 Å². The van der Waals surface area contributed by atoms with E-state index in [0.29, 0.717) is 11.8 Å². The number of amides is 1. The molecule has 1 aromatic carbocycles. The topological polar surface area (TPSA) is 63.6 Å². The van der Waals surface area contributed by atoms with Crippen LogP contribution in [0.15, 0.2) is 47.6 Å². The molecule has 0 saturated heterocycles. The minimum atomic E-state index is -4.59. The van der Waals surface area contributed by atoms with E-state index in [1.165, 1.54) is 32.2 Å². The van der Waals surface area contributed by atoms with Crippen LogP contribution < -0.4 is 10.1 Å². The minimum absolute atomic E-state index is 0.0483. The van der Waals surface area contributed by atoms with Crippen molar-refractivity contribution >= 4 is 22.8 Å². The van der Waals surface area contributed by atoms with Gasteiger partial charge in [-0.3, -0.25) is 4.79 Å². The normalized spacial score (nSPS) is 20.4. The first kappa shape index (κ1) is 23.0. The number of carbonyl (C=O) groups is 1. The number of pyridine rings is 1. The SMILES string of the molecule is COc1cc(C(F)(F)C2(C)SC(N[C@@H](C)c3ccccc3C(F)(F)F)=NC2=O)ccn1. The van der Waals surface area contributed by atoms with Crippen LogP contribution in [0.2, 0.25) is 0 Å². The molecule has 1 unspecified atom stereocenters. The van der Waals surface area contributed by atoms with Gasteiger partial charge < -0.3 is 10.1 Å². The second kappa shape index (κ2) is 8.10. The highest BCUT2D eigenvalue weighted by atomic mass is 32.2. The highest BCUT2D eigenvalue weighted by Gasteiger charge is 2.61. The molecule has 1 amide bonds. The number of alkyl halides is 5. The molecule has 0 fully saturated rings. The number of amidine groups is 1. The summed E-state index contributed by atoms with van der Waals surface area (Å²) in [4.78, 5) is 19.9. The van der Waals surface area contributed by atoms with Gasteiger partial charge in [0.2, 0.25) is 5.88 Å². The quantitative estimate of drug-likeness (QED) is 0.642. The van der Waals surface area contributed by atoms with Gasteiger partial charge in [-0.25, -0.2) is 4.98 Å². The second-order valence-electron chi connectivity index (χ2n) is 6.97. The third-order valence-corrected chi connectivity index (χ3v) is 6.13. The van der Waals surface area contributed by atoms with Crippen LogP contribution in [0.3, 0.4) is 0 Å². The first-order valence-corrected chi connectivity index (χ1v) is 9.85. The van der Waals surface area contributed by atoms with Gasteiger partial charge in [0, 0.05) is 17.8 Å². The lowest BCUT2D eigenvalue weighted by molar-refractivity contribution is -0.138. The molecule has 2 aromatic rings. The number of benzene rings is 1. The number of nitrogens with one attached hydrogen (secondary N) is 1. The van der Waals surface area contributed by atoms with Gasteiger partial charge in [0.15, 0.2) is 9.91 Å². The summed E-state index contributed by atoms with van der Waals surface area (Å²) in [6, 6.07) is 6.05. The third-order valence-electron chi connectivity index (χ3n) is 4.89. The molecule has 11 heteroatoms. The van der Waals surface area contributed by atoms with Crippen LogP contribution in [0.4, 0.5) is 22.0 Å². The molecule has 0 spiro atoms. The molecule has 1 aliphatic rings. The Hall–Kier alpha value is -2.69. The van der Waals surface area contributed by atoms with Crippen molar-refractivity contribution in [1.29, 1.82) is 0 Å². The van der Waals surface area contributed by atoms with Gasteiger partial charge in [-0.1, -0.05) is 30.0 Å². The van der Waals surface area contributed by atoms with Crippen LogP contribution in [-0.4, -0.2) is 27.9 Å². The highest BCUT2D eigenvalue weighted by molar-refractivity contribution is 8.16. The van der Waals surface area contributed by atoms with Crippen molar-refractivity contribution in [2.45, 2.75) is 36.7 Å². The van der Waals surface area contributed by atoms with Crippen molar-refractivity contribution in [3.05, 3.63) is 59.3 Å². The minimum Gasteiger partial charge on any atom is -0.481 e. The molecule has 31 heavy (non-hydrogen) atoms. The second-order valence-corrected chi connectivity index (χ2v) is 8.38. The van der Waals surface area contributed by atoms with E-state index in [1.807, 2.05) is 0 Å². The Morgan fingerprint density at radius 2 is 1.84 bits per heavy atom. The fraction of sp³-hybridized carbons (Fsp3) is 0.350. The molecule has 1 N–H and O–H groups in total. The van der Waals surface area contributed by atoms with Crippen molar-refractivity contribution in [2.24, 2.45) is 4.99 Å². The van der Waals surface area contributed by atoms with E-state index in [-0.39, 0.29) is 16.6 Å². The molecular formula is C20H18F5N3O2S. The summed E-state index contributed by atoms with van der Waals surface area (Å²) in [5.41, 5.74) is -1.44. The van der Waals surface area contributed by atoms with Crippen molar-refractivity contribution in [2.75, 3.05) is 7.11 Å². The van der Waals surface area contributed by atoms with E-state index >= 15 is 8.78 Å². The number of nitrogens with zero attached hydrogens (tertiary/aromatic N) is 2. The Morgan fingerprint density at radius 1 is 1.16 bits per heavy atom. The molecular weight excluding hydrogens is 441 g/mol. The van der Waals surface area contributed by atoms with Crippen LogP contribution in [0, 0.1) is 0 Å². The van der Waals surface area contributed by atoms with E-state index in [9.17, 15) is 18.0 Å². The van der Waals surface area contributed by atoms with E-state index in [0.717, 1.165) is 31.3 Å². The Bertz CT molecular complexity index is 1030. The summed E-state index contributed by atoms with van der Waals surface area (Å²) >= 11 is 0.470. The Kier molecular flexibility index (Phi) is 6.01. The molecule has 2 atom stereocenters. The summed E-state index contributed by atoms with van der Waals surface area (Å²) in [6.45, 7) is 2.47. The molecule has 0 aliphatic carbocycles. The smallest absolute Gasteiger partial charge is 0.416 e. The number of ether oxygens (including phenoxy) is 1. The predicted octanol–water partition coefficient (Wildman–Crippen LogP) is 4.94. The number of hydrogen-bond donors (Lipinski definition) is 1. The molecule has 0 radical (unpaired) electrons. The van der Waals surface area contributed by atoms with E-state index in [2.05, 4.69) is 15.3 Å². The van der Waals surface area contributed by atoms with Crippen molar-refractivity contribution in [3.63, 3.8) is 0 Å². The number of thioether (sulfide) groups is 1. The molecule has 166 valence electrons. The summed E-state index contributed by atoms with van der Waals surface area (Å²) in [6.07, 6.45) is -3.46. The summed E-state index contributed by atoms with van der Waals surface area (Å²) in [7, 11) is 1.27.